The highest BCUT2D eigenvalue weighted by Crippen LogP contribution is 2.31. The fraction of sp³-hybridized carbons (Fsp3) is 0.250. The van der Waals surface area contributed by atoms with E-state index in [9.17, 15) is 4.79 Å². The zero-order chi connectivity index (χ0) is 21.2. The van der Waals surface area contributed by atoms with Crippen molar-refractivity contribution < 1.29 is 4.79 Å². The van der Waals surface area contributed by atoms with Crippen LogP contribution in [0.1, 0.15) is 28.8 Å². The van der Waals surface area contributed by atoms with Gasteiger partial charge in [-0.25, -0.2) is 4.98 Å². The molecule has 1 unspecified atom stereocenters. The zero-order valence-electron chi connectivity index (χ0n) is 17.4. The van der Waals surface area contributed by atoms with Crippen LogP contribution >= 0.6 is 0 Å². The molecule has 1 N–H and O–H groups in total. The van der Waals surface area contributed by atoms with Crippen LogP contribution in [0.4, 0.5) is 5.82 Å². The minimum atomic E-state index is -0.0445. The zero-order valence-corrected chi connectivity index (χ0v) is 17.4. The van der Waals surface area contributed by atoms with E-state index in [1.165, 1.54) is 4.80 Å². The second-order valence-electron chi connectivity index (χ2n) is 7.85. The Morgan fingerprint density at radius 2 is 1.87 bits per heavy atom. The Morgan fingerprint density at radius 3 is 2.61 bits per heavy atom. The molecule has 7 nitrogen and oxygen atoms in total. The van der Waals surface area contributed by atoms with Crippen molar-refractivity contribution in [1.29, 1.82) is 0 Å². The summed E-state index contributed by atoms with van der Waals surface area (Å²) in [5, 5.41) is 13.9. The van der Waals surface area contributed by atoms with Crippen LogP contribution in [0.3, 0.4) is 0 Å². The van der Waals surface area contributed by atoms with Gasteiger partial charge in [-0.05, 0) is 67.6 Å². The minimum Gasteiger partial charge on any atom is -0.315 e. The first-order chi connectivity index (χ1) is 15.2. The van der Waals surface area contributed by atoms with Gasteiger partial charge < -0.3 is 5.32 Å². The molecular weight excluding hydrogens is 388 g/mol. The first-order valence-corrected chi connectivity index (χ1v) is 10.6. The monoisotopic (exact) mass is 412 g/mol. The number of aryl methyl sites for hydroxylation is 1. The second kappa shape index (κ2) is 8.28. The third kappa shape index (κ3) is 3.68. The number of amides is 1. The van der Waals surface area contributed by atoms with Crippen LogP contribution < -0.4 is 10.2 Å². The Hall–Kier alpha value is -3.58. The number of aromatic nitrogens is 4. The number of anilines is 1. The lowest BCUT2D eigenvalue weighted by Crippen LogP contribution is -2.49. The van der Waals surface area contributed by atoms with Crippen molar-refractivity contribution in [3.63, 3.8) is 0 Å². The molecule has 1 fully saturated rings. The normalized spacial score (nSPS) is 16.4. The van der Waals surface area contributed by atoms with Crippen LogP contribution in [-0.2, 0) is 0 Å². The summed E-state index contributed by atoms with van der Waals surface area (Å²) < 4.78 is 0. The molecule has 2 aromatic carbocycles. The standard InChI is InChI=1S/C24H24N6O/c1-17-4-2-5-18-11-13-26-23(22(17)18)29(21-6-3-12-25-16-21)24(31)19-7-9-20(10-8-19)30-27-14-15-28-30/h2,4-5,7-11,13-15,21,25H,3,6,12,16H2,1H3. The van der Waals surface area contributed by atoms with Crippen molar-refractivity contribution >= 4 is 22.5 Å². The van der Waals surface area contributed by atoms with Crippen molar-refractivity contribution in [2.45, 2.75) is 25.8 Å². The maximum Gasteiger partial charge on any atom is 0.259 e. The molecule has 0 radical (unpaired) electrons. The largest absolute Gasteiger partial charge is 0.315 e. The lowest BCUT2D eigenvalue weighted by molar-refractivity contribution is 0.0972. The van der Waals surface area contributed by atoms with Gasteiger partial charge in [0.05, 0.1) is 24.1 Å². The van der Waals surface area contributed by atoms with Crippen molar-refractivity contribution in [2.75, 3.05) is 18.0 Å². The Balaban J connectivity index is 1.58. The Kier molecular flexibility index (Phi) is 5.18. The minimum absolute atomic E-state index is 0.0445. The summed E-state index contributed by atoms with van der Waals surface area (Å²) in [7, 11) is 0. The molecule has 1 aliphatic rings. The molecule has 4 aromatic rings. The van der Waals surface area contributed by atoms with Crippen molar-refractivity contribution in [2.24, 2.45) is 0 Å². The van der Waals surface area contributed by atoms with Gasteiger partial charge in [0.2, 0.25) is 0 Å². The predicted octanol–water partition coefficient (Wildman–Crippen LogP) is 3.52. The van der Waals surface area contributed by atoms with E-state index in [4.69, 9.17) is 4.98 Å². The maximum absolute atomic E-state index is 13.8. The van der Waals surface area contributed by atoms with Gasteiger partial charge in [0.1, 0.15) is 5.82 Å². The van der Waals surface area contributed by atoms with Crippen LogP contribution in [0, 0.1) is 6.92 Å². The summed E-state index contributed by atoms with van der Waals surface area (Å²) in [6.45, 7) is 3.80. The number of hydrogen-bond donors (Lipinski definition) is 1. The Bertz CT molecular complexity index is 1190. The van der Waals surface area contributed by atoms with Gasteiger partial charge >= 0.3 is 0 Å². The molecule has 1 atom stereocenters. The average molecular weight is 412 g/mol. The highest BCUT2D eigenvalue weighted by atomic mass is 16.2. The fourth-order valence-electron chi connectivity index (χ4n) is 4.28. The van der Waals surface area contributed by atoms with E-state index in [0.29, 0.717) is 5.56 Å². The highest BCUT2D eigenvalue weighted by molar-refractivity contribution is 6.10. The van der Waals surface area contributed by atoms with Crippen LogP contribution in [-0.4, -0.2) is 45.0 Å². The quantitative estimate of drug-likeness (QED) is 0.555. The molecule has 1 saturated heterocycles. The van der Waals surface area contributed by atoms with E-state index < -0.39 is 0 Å². The van der Waals surface area contributed by atoms with E-state index in [1.807, 2.05) is 41.3 Å². The molecule has 1 aliphatic heterocycles. The smallest absolute Gasteiger partial charge is 0.259 e. The third-order valence-electron chi connectivity index (χ3n) is 5.83. The summed E-state index contributed by atoms with van der Waals surface area (Å²) in [6.07, 6.45) is 7.02. The molecule has 31 heavy (non-hydrogen) atoms. The Morgan fingerprint density at radius 1 is 1.06 bits per heavy atom. The van der Waals surface area contributed by atoms with Crippen molar-refractivity contribution in [3.8, 4) is 5.69 Å². The van der Waals surface area contributed by atoms with Gasteiger partial charge in [0, 0.05) is 23.7 Å². The van der Waals surface area contributed by atoms with Crippen LogP contribution in [0.25, 0.3) is 16.5 Å². The number of pyridine rings is 1. The molecular formula is C24H24N6O. The van der Waals surface area contributed by atoms with Gasteiger partial charge in [-0.1, -0.05) is 18.2 Å². The fourth-order valence-corrected chi connectivity index (χ4v) is 4.28. The van der Waals surface area contributed by atoms with E-state index in [0.717, 1.165) is 53.8 Å². The average Bonchev–Trinajstić information content (AvgIpc) is 3.35. The lowest BCUT2D eigenvalue weighted by Gasteiger charge is -2.35. The van der Waals surface area contributed by atoms with Gasteiger partial charge in [0.25, 0.3) is 5.91 Å². The van der Waals surface area contributed by atoms with Gasteiger partial charge in [0.15, 0.2) is 0 Å². The summed E-state index contributed by atoms with van der Waals surface area (Å²) in [4.78, 5) is 21.9. The van der Waals surface area contributed by atoms with Crippen LogP contribution in [0.2, 0.25) is 0 Å². The topological polar surface area (TPSA) is 75.9 Å². The van der Waals surface area contributed by atoms with E-state index in [-0.39, 0.29) is 11.9 Å². The first-order valence-electron chi connectivity index (χ1n) is 10.6. The van der Waals surface area contributed by atoms with Gasteiger partial charge in [-0.15, -0.1) is 0 Å². The maximum atomic E-state index is 13.8. The summed E-state index contributed by atoms with van der Waals surface area (Å²) in [5.41, 5.74) is 2.54. The molecule has 1 amide bonds. The number of nitrogens with zero attached hydrogens (tertiary/aromatic N) is 5. The number of carbonyl (C=O) groups is 1. The lowest BCUT2D eigenvalue weighted by atomic mass is 10.0. The number of benzene rings is 2. The molecule has 0 aliphatic carbocycles. The number of piperidine rings is 1. The molecule has 5 rings (SSSR count). The van der Waals surface area contributed by atoms with E-state index in [2.05, 4.69) is 34.6 Å². The molecule has 2 aromatic heterocycles. The second-order valence-corrected chi connectivity index (χ2v) is 7.85. The molecule has 156 valence electrons. The summed E-state index contributed by atoms with van der Waals surface area (Å²) in [6, 6.07) is 15.6. The number of nitrogens with one attached hydrogen (secondary N) is 1. The number of fused-ring (bicyclic) bond motifs is 1. The SMILES string of the molecule is Cc1cccc2ccnc(N(C(=O)c3ccc(-n4nccn4)cc3)C3CCCNC3)c12. The third-order valence-corrected chi connectivity index (χ3v) is 5.83. The number of hydrogen-bond acceptors (Lipinski definition) is 5. The van der Waals surface area contributed by atoms with E-state index >= 15 is 0 Å². The van der Waals surface area contributed by atoms with E-state index in [1.54, 1.807) is 18.6 Å². The number of carbonyl (C=O) groups excluding carboxylic acids is 1. The van der Waals surface area contributed by atoms with Crippen molar-refractivity contribution in [1.82, 2.24) is 25.3 Å². The summed E-state index contributed by atoms with van der Waals surface area (Å²) in [5.74, 6) is 0.684. The predicted molar refractivity (Wildman–Crippen MR) is 121 cm³/mol. The van der Waals surface area contributed by atoms with Crippen LogP contribution in [0.15, 0.2) is 67.1 Å². The molecule has 0 saturated carbocycles. The van der Waals surface area contributed by atoms with Gasteiger partial charge in [-0.2, -0.15) is 15.0 Å². The van der Waals surface area contributed by atoms with Crippen molar-refractivity contribution in [3.05, 3.63) is 78.2 Å². The highest BCUT2D eigenvalue weighted by Gasteiger charge is 2.30. The summed E-state index contributed by atoms with van der Waals surface area (Å²) >= 11 is 0. The van der Waals surface area contributed by atoms with Gasteiger partial charge in [-0.3, -0.25) is 9.69 Å². The molecule has 0 bridgehead atoms. The number of rotatable bonds is 4. The molecule has 3 heterocycles. The first kappa shape index (κ1) is 19.4. The Labute approximate surface area is 180 Å². The molecule has 7 heteroatoms. The van der Waals surface area contributed by atoms with Crippen LogP contribution in [0.5, 0.6) is 0 Å². The molecule has 0 spiro atoms.